The Bertz CT molecular complexity index is 1010. The van der Waals surface area contributed by atoms with Gasteiger partial charge in [0.05, 0.1) is 12.0 Å². The van der Waals surface area contributed by atoms with E-state index in [0.717, 1.165) is 5.56 Å². The number of aromatic nitrogens is 2. The third-order valence-corrected chi connectivity index (χ3v) is 6.48. The second-order valence-electron chi connectivity index (χ2n) is 8.64. The fraction of sp³-hybridized carbons (Fsp3) is 0.522. The fourth-order valence-electron chi connectivity index (χ4n) is 4.69. The van der Waals surface area contributed by atoms with Crippen LogP contribution in [-0.4, -0.2) is 62.8 Å². The summed E-state index contributed by atoms with van der Waals surface area (Å²) in [5.41, 5.74) is 1.09. The summed E-state index contributed by atoms with van der Waals surface area (Å²) in [6, 6.07) is 7.60. The molecule has 0 radical (unpaired) electrons. The Kier molecular flexibility index (Phi) is 6.25. The standard InChI is InChI=1S/C23H29N5O4/c1-16-25-21(32-26-16)8-5-11-24-20(30)14-23(9-12-27(13-10-23)17(2)29)28-15-18-6-3-4-7-19(18)22(28)31/h3-4,6-7H,5,8-15H2,1-2H3,(H,24,30). The van der Waals surface area contributed by atoms with Crippen LogP contribution >= 0.6 is 0 Å². The summed E-state index contributed by atoms with van der Waals surface area (Å²) in [5, 5.41) is 6.74. The molecule has 0 saturated carbocycles. The molecule has 2 aliphatic heterocycles. The van der Waals surface area contributed by atoms with Crippen molar-refractivity contribution in [3.05, 3.63) is 47.1 Å². The third kappa shape index (κ3) is 4.51. The number of nitrogens with one attached hydrogen (secondary N) is 1. The van der Waals surface area contributed by atoms with E-state index in [2.05, 4.69) is 15.5 Å². The van der Waals surface area contributed by atoms with Crippen LogP contribution < -0.4 is 5.32 Å². The third-order valence-electron chi connectivity index (χ3n) is 6.48. The van der Waals surface area contributed by atoms with E-state index in [1.807, 2.05) is 29.2 Å². The first-order valence-electron chi connectivity index (χ1n) is 11.1. The van der Waals surface area contributed by atoms with E-state index in [0.29, 0.717) is 69.1 Å². The van der Waals surface area contributed by atoms with Crippen LogP contribution in [0.5, 0.6) is 0 Å². The SMILES string of the molecule is CC(=O)N1CCC(CC(=O)NCCCc2nc(C)no2)(N2Cc3ccccc3C2=O)CC1. The van der Waals surface area contributed by atoms with Gasteiger partial charge in [0, 0.05) is 45.1 Å². The molecule has 3 amide bonds. The first kappa shape index (κ1) is 22.0. The maximum absolute atomic E-state index is 13.2. The topological polar surface area (TPSA) is 109 Å². The van der Waals surface area contributed by atoms with Gasteiger partial charge in [-0.2, -0.15) is 4.98 Å². The number of carbonyl (C=O) groups excluding carboxylic acids is 3. The Balaban J connectivity index is 1.41. The highest BCUT2D eigenvalue weighted by molar-refractivity contribution is 5.99. The van der Waals surface area contributed by atoms with Gasteiger partial charge >= 0.3 is 0 Å². The molecule has 1 aromatic heterocycles. The van der Waals surface area contributed by atoms with Gasteiger partial charge in [-0.1, -0.05) is 23.4 Å². The second-order valence-corrected chi connectivity index (χ2v) is 8.64. The molecule has 9 nitrogen and oxygen atoms in total. The van der Waals surface area contributed by atoms with Crippen LogP contribution in [0.25, 0.3) is 0 Å². The Morgan fingerprint density at radius 3 is 2.62 bits per heavy atom. The predicted octanol–water partition coefficient (Wildman–Crippen LogP) is 1.85. The number of amides is 3. The molecular formula is C23H29N5O4. The lowest BCUT2D eigenvalue weighted by atomic mass is 9.82. The van der Waals surface area contributed by atoms with Crippen molar-refractivity contribution in [3.8, 4) is 0 Å². The quantitative estimate of drug-likeness (QED) is 0.660. The highest BCUT2D eigenvalue weighted by Crippen LogP contribution is 2.38. The lowest BCUT2D eigenvalue weighted by Gasteiger charge is -2.47. The molecular weight excluding hydrogens is 410 g/mol. The van der Waals surface area contributed by atoms with E-state index >= 15 is 0 Å². The van der Waals surface area contributed by atoms with Crippen molar-refractivity contribution >= 4 is 17.7 Å². The first-order chi connectivity index (χ1) is 15.4. The highest BCUT2D eigenvalue weighted by atomic mass is 16.5. The van der Waals surface area contributed by atoms with Crippen LogP contribution in [0.2, 0.25) is 0 Å². The molecule has 1 fully saturated rings. The molecule has 1 aromatic carbocycles. The molecule has 2 aromatic rings. The van der Waals surface area contributed by atoms with E-state index in [-0.39, 0.29) is 24.1 Å². The summed E-state index contributed by atoms with van der Waals surface area (Å²) in [7, 11) is 0. The number of benzene rings is 1. The lowest BCUT2D eigenvalue weighted by Crippen LogP contribution is -2.58. The molecule has 3 heterocycles. The summed E-state index contributed by atoms with van der Waals surface area (Å²) >= 11 is 0. The van der Waals surface area contributed by atoms with Gasteiger partial charge in [-0.25, -0.2) is 0 Å². The van der Waals surface area contributed by atoms with Gasteiger partial charge in [0.2, 0.25) is 17.7 Å². The fourth-order valence-corrected chi connectivity index (χ4v) is 4.69. The summed E-state index contributed by atoms with van der Waals surface area (Å²) in [6.07, 6.45) is 2.67. The number of hydrogen-bond donors (Lipinski definition) is 1. The number of rotatable bonds is 7. The van der Waals surface area contributed by atoms with Gasteiger partial charge in [-0.3, -0.25) is 14.4 Å². The minimum atomic E-state index is -0.601. The van der Waals surface area contributed by atoms with E-state index in [9.17, 15) is 14.4 Å². The molecule has 1 saturated heterocycles. The zero-order valence-electron chi connectivity index (χ0n) is 18.6. The van der Waals surface area contributed by atoms with Crippen LogP contribution in [0.4, 0.5) is 0 Å². The van der Waals surface area contributed by atoms with Gasteiger partial charge in [0.25, 0.3) is 5.91 Å². The van der Waals surface area contributed by atoms with Crippen molar-refractivity contribution < 1.29 is 18.9 Å². The smallest absolute Gasteiger partial charge is 0.254 e. The van der Waals surface area contributed by atoms with E-state index < -0.39 is 5.54 Å². The van der Waals surface area contributed by atoms with Gasteiger partial charge in [-0.15, -0.1) is 0 Å². The first-order valence-corrected chi connectivity index (χ1v) is 11.1. The maximum Gasteiger partial charge on any atom is 0.254 e. The predicted molar refractivity (Wildman–Crippen MR) is 116 cm³/mol. The lowest BCUT2D eigenvalue weighted by molar-refractivity contribution is -0.132. The largest absolute Gasteiger partial charge is 0.356 e. The summed E-state index contributed by atoms with van der Waals surface area (Å²) in [4.78, 5) is 45.8. The number of likely N-dealkylation sites (tertiary alicyclic amines) is 1. The summed E-state index contributed by atoms with van der Waals surface area (Å²) in [5.74, 6) is 1.06. The minimum absolute atomic E-state index is 0.0235. The highest BCUT2D eigenvalue weighted by Gasteiger charge is 2.47. The Labute approximate surface area is 187 Å². The molecule has 0 atom stereocenters. The van der Waals surface area contributed by atoms with Crippen molar-refractivity contribution in [2.45, 2.75) is 58.0 Å². The number of carbonyl (C=O) groups is 3. The Morgan fingerprint density at radius 2 is 1.97 bits per heavy atom. The Hall–Kier alpha value is -3.23. The Morgan fingerprint density at radius 1 is 1.22 bits per heavy atom. The number of piperidine rings is 1. The average Bonchev–Trinajstić information content (AvgIpc) is 3.35. The summed E-state index contributed by atoms with van der Waals surface area (Å²) < 4.78 is 5.10. The van der Waals surface area contributed by atoms with Crippen LogP contribution in [0.1, 0.15) is 60.2 Å². The van der Waals surface area contributed by atoms with Gasteiger partial charge in [0.1, 0.15) is 0 Å². The molecule has 0 bridgehead atoms. The zero-order valence-corrected chi connectivity index (χ0v) is 18.6. The van der Waals surface area contributed by atoms with Crippen LogP contribution in [0.15, 0.2) is 28.8 Å². The zero-order chi connectivity index (χ0) is 22.7. The van der Waals surface area contributed by atoms with Crippen molar-refractivity contribution in [3.63, 3.8) is 0 Å². The van der Waals surface area contributed by atoms with E-state index in [1.54, 1.807) is 18.7 Å². The van der Waals surface area contributed by atoms with Crippen molar-refractivity contribution in [2.75, 3.05) is 19.6 Å². The number of hydrogen-bond acceptors (Lipinski definition) is 6. The van der Waals surface area contributed by atoms with Gasteiger partial charge in [-0.05, 0) is 37.8 Å². The maximum atomic E-state index is 13.2. The minimum Gasteiger partial charge on any atom is -0.356 e. The monoisotopic (exact) mass is 439 g/mol. The number of aryl methyl sites for hydroxylation is 2. The molecule has 0 unspecified atom stereocenters. The molecule has 32 heavy (non-hydrogen) atoms. The van der Waals surface area contributed by atoms with E-state index in [1.165, 1.54) is 0 Å². The van der Waals surface area contributed by atoms with Gasteiger partial charge < -0.3 is 19.6 Å². The van der Waals surface area contributed by atoms with Crippen molar-refractivity contribution in [1.29, 1.82) is 0 Å². The molecule has 0 spiro atoms. The van der Waals surface area contributed by atoms with Crippen molar-refractivity contribution in [1.82, 2.24) is 25.3 Å². The molecule has 1 N–H and O–H groups in total. The number of nitrogens with zero attached hydrogens (tertiary/aromatic N) is 4. The van der Waals surface area contributed by atoms with Gasteiger partial charge in [0.15, 0.2) is 5.82 Å². The van der Waals surface area contributed by atoms with Crippen molar-refractivity contribution in [2.24, 2.45) is 0 Å². The molecule has 0 aliphatic carbocycles. The van der Waals surface area contributed by atoms with Crippen LogP contribution in [0, 0.1) is 6.92 Å². The second kappa shape index (κ2) is 9.10. The van der Waals surface area contributed by atoms with Crippen LogP contribution in [0.3, 0.4) is 0 Å². The van der Waals surface area contributed by atoms with E-state index in [4.69, 9.17) is 4.52 Å². The average molecular weight is 440 g/mol. The van der Waals surface area contributed by atoms with Crippen LogP contribution in [-0.2, 0) is 22.6 Å². The molecule has 9 heteroatoms. The summed E-state index contributed by atoms with van der Waals surface area (Å²) in [6.45, 7) is 5.40. The number of fused-ring (bicyclic) bond motifs is 1. The molecule has 170 valence electrons. The molecule has 2 aliphatic rings. The molecule has 4 rings (SSSR count). The normalized spacial score (nSPS) is 17.4.